The quantitative estimate of drug-likeness (QED) is 0.602. The normalized spacial score (nSPS) is 17.5. The van der Waals surface area contributed by atoms with E-state index in [0.29, 0.717) is 25.1 Å². The van der Waals surface area contributed by atoms with Gasteiger partial charge in [0, 0.05) is 18.7 Å². The maximum Gasteiger partial charge on any atom is 0.306 e. The number of para-hydroxylation sites is 1. The Morgan fingerprint density at radius 3 is 2.59 bits per heavy atom. The van der Waals surface area contributed by atoms with Crippen LogP contribution in [-0.4, -0.2) is 62.3 Å². The molecule has 1 aliphatic rings. The zero-order valence-corrected chi connectivity index (χ0v) is 17.7. The molecule has 0 aliphatic carbocycles. The van der Waals surface area contributed by atoms with Gasteiger partial charge in [0.15, 0.2) is 16.4 Å². The van der Waals surface area contributed by atoms with Crippen molar-refractivity contribution in [3.05, 3.63) is 29.8 Å². The highest BCUT2D eigenvalue weighted by atomic mass is 32.2. The summed E-state index contributed by atoms with van der Waals surface area (Å²) in [6.07, 6.45) is 1.07. The van der Waals surface area contributed by atoms with Gasteiger partial charge in [-0.3, -0.25) is 14.4 Å². The highest BCUT2D eigenvalue weighted by Gasteiger charge is 2.30. The second-order valence-electron chi connectivity index (χ2n) is 7.31. The number of anilines is 1. The smallest absolute Gasteiger partial charge is 0.306 e. The molecule has 0 spiro atoms. The van der Waals surface area contributed by atoms with E-state index in [2.05, 4.69) is 5.32 Å². The maximum absolute atomic E-state index is 12.4. The van der Waals surface area contributed by atoms with Crippen LogP contribution in [0.4, 0.5) is 5.69 Å². The molecule has 160 valence electrons. The molecule has 0 radical (unpaired) electrons. The Labute approximate surface area is 171 Å². The number of benzene rings is 1. The minimum absolute atomic E-state index is 0.0168. The number of nitrogens with zero attached hydrogens (tertiary/aromatic N) is 1. The van der Waals surface area contributed by atoms with E-state index in [1.165, 1.54) is 4.90 Å². The van der Waals surface area contributed by atoms with Crippen LogP contribution in [-0.2, 0) is 29.0 Å². The zero-order valence-electron chi connectivity index (χ0n) is 16.8. The molecular weight excluding hydrogens is 396 g/mol. The lowest BCUT2D eigenvalue weighted by Crippen LogP contribution is -2.41. The maximum atomic E-state index is 12.4. The van der Waals surface area contributed by atoms with Gasteiger partial charge in [-0.1, -0.05) is 25.1 Å². The number of amides is 2. The first-order valence-corrected chi connectivity index (χ1v) is 11.5. The number of nitrogens with one attached hydrogen (secondary N) is 1. The first kappa shape index (κ1) is 22.9. The number of hydrogen-bond acceptors (Lipinski definition) is 6. The van der Waals surface area contributed by atoms with E-state index in [4.69, 9.17) is 4.74 Å². The molecule has 0 bridgehead atoms. The molecular formula is C20H28N2O6S. The summed E-state index contributed by atoms with van der Waals surface area (Å²) in [5.74, 6) is -1.57. The third-order valence-electron chi connectivity index (χ3n) is 4.74. The highest BCUT2D eigenvalue weighted by molar-refractivity contribution is 7.91. The summed E-state index contributed by atoms with van der Waals surface area (Å²) >= 11 is 0. The number of rotatable bonds is 9. The lowest BCUT2D eigenvalue weighted by Gasteiger charge is -2.22. The van der Waals surface area contributed by atoms with Crippen molar-refractivity contribution in [1.82, 2.24) is 4.90 Å². The Morgan fingerprint density at radius 2 is 1.97 bits per heavy atom. The average Bonchev–Trinajstić information content (AvgIpc) is 2.99. The molecule has 1 heterocycles. The molecule has 1 unspecified atom stereocenters. The number of esters is 1. The van der Waals surface area contributed by atoms with Crippen molar-refractivity contribution in [1.29, 1.82) is 0 Å². The van der Waals surface area contributed by atoms with Crippen molar-refractivity contribution in [2.75, 3.05) is 36.5 Å². The van der Waals surface area contributed by atoms with Gasteiger partial charge in [0.1, 0.15) is 0 Å². The van der Waals surface area contributed by atoms with Gasteiger partial charge in [-0.05, 0) is 37.3 Å². The topological polar surface area (TPSA) is 110 Å². The minimum atomic E-state index is -3.06. The summed E-state index contributed by atoms with van der Waals surface area (Å²) < 4.78 is 27.9. The molecule has 1 saturated heterocycles. The van der Waals surface area contributed by atoms with Crippen LogP contribution in [0.2, 0.25) is 0 Å². The molecule has 2 amide bonds. The van der Waals surface area contributed by atoms with Gasteiger partial charge in [-0.25, -0.2) is 8.42 Å². The molecule has 0 saturated carbocycles. The standard InChI is InChI=1S/C20H28N2O6S/c1-3-9-22(12-18(23)21-17-7-5-4-6-15(17)2)19(24)13-28-20(25)11-16-8-10-29(26,27)14-16/h4-7,16H,3,8-14H2,1-2H3,(H,21,23). The molecule has 0 aromatic heterocycles. The van der Waals surface area contributed by atoms with Crippen LogP contribution < -0.4 is 5.32 Å². The van der Waals surface area contributed by atoms with Gasteiger partial charge < -0.3 is 15.0 Å². The molecule has 1 N–H and O–H groups in total. The molecule has 1 fully saturated rings. The molecule has 1 aromatic carbocycles. The van der Waals surface area contributed by atoms with Crippen molar-refractivity contribution in [2.45, 2.75) is 33.1 Å². The molecule has 2 rings (SSSR count). The van der Waals surface area contributed by atoms with Gasteiger partial charge in [0.05, 0.1) is 18.1 Å². The fourth-order valence-electron chi connectivity index (χ4n) is 3.20. The summed E-state index contributed by atoms with van der Waals surface area (Å²) in [4.78, 5) is 38.0. The summed E-state index contributed by atoms with van der Waals surface area (Å²) in [6.45, 7) is 3.51. The van der Waals surface area contributed by atoms with Gasteiger partial charge >= 0.3 is 5.97 Å². The highest BCUT2D eigenvalue weighted by Crippen LogP contribution is 2.21. The molecule has 29 heavy (non-hydrogen) atoms. The van der Waals surface area contributed by atoms with Crippen molar-refractivity contribution >= 4 is 33.3 Å². The van der Waals surface area contributed by atoms with E-state index in [0.717, 1.165) is 5.56 Å². The van der Waals surface area contributed by atoms with Crippen molar-refractivity contribution in [2.24, 2.45) is 5.92 Å². The van der Waals surface area contributed by atoms with Crippen LogP contribution in [0.5, 0.6) is 0 Å². The third kappa shape index (κ3) is 7.49. The molecule has 9 heteroatoms. The first-order valence-electron chi connectivity index (χ1n) is 9.69. The van der Waals surface area contributed by atoms with Crippen molar-refractivity contribution < 1.29 is 27.5 Å². The van der Waals surface area contributed by atoms with Crippen LogP contribution >= 0.6 is 0 Å². The largest absolute Gasteiger partial charge is 0.456 e. The van der Waals surface area contributed by atoms with E-state index in [-0.39, 0.29) is 36.3 Å². The number of carbonyl (C=O) groups excluding carboxylic acids is 3. The van der Waals surface area contributed by atoms with Gasteiger partial charge in [0.25, 0.3) is 5.91 Å². The number of sulfone groups is 1. The monoisotopic (exact) mass is 424 g/mol. The Kier molecular flexibility index (Phi) is 8.19. The first-order chi connectivity index (χ1) is 13.7. The second-order valence-corrected chi connectivity index (χ2v) is 9.54. The molecule has 8 nitrogen and oxygen atoms in total. The zero-order chi connectivity index (χ0) is 21.4. The Morgan fingerprint density at radius 1 is 1.24 bits per heavy atom. The third-order valence-corrected chi connectivity index (χ3v) is 6.58. The predicted molar refractivity (Wildman–Crippen MR) is 109 cm³/mol. The average molecular weight is 425 g/mol. The summed E-state index contributed by atoms with van der Waals surface area (Å²) in [5.41, 5.74) is 1.59. The van der Waals surface area contributed by atoms with Gasteiger partial charge in [0.2, 0.25) is 5.91 Å². The Balaban J connectivity index is 1.82. The van der Waals surface area contributed by atoms with E-state index in [1.807, 2.05) is 32.0 Å². The second kappa shape index (κ2) is 10.4. The van der Waals surface area contributed by atoms with Crippen molar-refractivity contribution in [3.8, 4) is 0 Å². The Hall–Kier alpha value is -2.42. The van der Waals surface area contributed by atoms with Gasteiger partial charge in [-0.15, -0.1) is 0 Å². The number of hydrogen-bond donors (Lipinski definition) is 1. The number of carbonyl (C=O) groups is 3. The number of aryl methyl sites for hydroxylation is 1. The Bertz CT molecular complexity index is 852. The summed E-state index contributed by atoms with van der Waals surface area (Å²) in [7, 11) is -3.06. The van der Waals surface area contributed by atoms with E-state index in [1.54, 1.807) is 6.07 Å². The molecule has 1 aliphatic heterocycles. The van der Waals surface area contributed by atoms with Crippen LogP contribution in [0, 0.1) is 12.8 Å². The summed E-state index contributed by atoms with van der Waals surface area (Å²) in [6, 6.07) is 7.34. The van der Waals surface area contributed by atoms with Crippen LogP contribution in [0.3, 0.4) is 0 Å². The fourth-order valence-corrected chi connectivity index (χ4v) is 5.06. The predicted octanol–water partition coefficient (Wildman–Crippen LogP) is 1.54. The molecule has 1 aromatic rings. The lowest BCUT2D eigenvalue weighted by atomic mass is 10.1. The van der Waals surface area contributed by atoms with Crippen LogP contribution in [0.25, 0.3) is 0 Å². The van der Waals surface area contributed by atoms with Gasteiger partial charge in [-0.2, -0.15) is 0 Å². The number of ether oxygens (including phenoxy) is 1. The van der Waals surface area contributed by atoms with Crippen molar-refractivity contribution in [3.63, 3.8) is 0 Å². The van der Waals surface area contributed by atoms with Crippen LogP contribution in [0.1, 0.15) is 31.7 Å². The minimum Gasteiger partial charge on any atom is -0.456 e. The SMILES string of the molecule is CCCN(CC(=O)Nc1ccccc1C)C(=O)COC(=O)CC1CCS(=O)(=O)C1. The summed E-state index contributed by atoms with van der Waals surface area (Å²) in [5, 5.41) is 2.78. The van der Waals surface area contributed by atoms with E-state index < -0.39 is 28.3 Å². The van der Waals surface area contributed by atoms with E-state index >= 15 is 0 Å². The van der Waals surface area contributed by atoms with E-state index in [9.17, 15) is 22.8 Å². The fraction of sp³-hybridized carbons (Fsp3) is 0.550. The van der Waals surface area contributed by atoms with Crippen LogP contribution in [0.15, 0.2) is 24.3 Å². The lowest BCUT2D eigenvalue weighted by molar-refractivity contribution is -0.153. The molecule has 1 atom stereocenters.